The fraction of sp³-hybridized carbons (Fsp3) is 0.714. The molecule has 1 heterocycles. The maximum Gasteiger partial charge on any atom is 0.130 e. The van der Waals surface area contributed by atoms with Gasteiger partial charge < -0.3 is 10.1 Å². The maximum atomic E-state index is 5.36. The van der Waals surface area contributed by atoms with Crippen molar-refractivity contribution in [2.75, 3.05) is 19.8 Å². The lowest BCUT2D eigenvalue weighted by atomic mass is 10.1. The first-order valence-electron chi connectivity index (χ1n) is 6.98. The van der Waals surface area contributed by atoms with Crippen molar-refractivity contribution in [1.29, 1.82) is 0 Å². The van der Waals surface area contributed by atoms with Gasteiger partial charge in [-0.3, -0.25) is 0 Å². The Kier molecular flexibility index (Phi) is 5.08. The molecule has 1 aliphatic carbocycles. The second-order valence-corrected chi connectivity index (χ2v) is 4.70. The molecule has 0 aromatic carbocycles. The van der Waals surface area contributed by atoms with Gasteiger partial charge in [0.1, 0.15) is 5.82 Å². The van der Waals surface area contributed by atoms with Crippen LogP contribution in [0, 0.1) is 0 Å². The molecule has 0 bridgehead atoms. The van der Waals surface area contributed by atoms with Crippen LogP contribution in [0.2, 0.25) is 0 Å². The van der Waals surface area contributed by atoms with E-state index in [1.54, 1.807) is 0 Å². The van der Waals surface area contributed by atoms with Crippen LogP contribution in [0.5, 0.6) is 0 Å². The smallest absolute Gasteiger partial charge is 0.130 e. The average molecular weight is 249 g/mol. The van der Waals surface area contributed by atoms with Crippen molar-refractivity contribution < 1.29 is 4.74 Å². The number of nitrogens with one attached hydrogen (secondary N) is 1. The topological polar surface area (TPSA) is 47.0 Å². The van der Waals surface area contributed by atoms with E-state index in [1.165, 1.54) is 24.1 Å². The second kappa shape index (κ2) is 6.81. The summed E-state index contributed by atoms with van der Waals surface area (Å²) in [7, 11) is 0. The molecule has 4 heteroatoms. The predicted octanol–water partition coefficient (Wildman–Crippen LogP) is 2.04. The molecule has 2 rings (SSSR count). The quantitative estimate of drug-likeness (QED) is 0.716. The zero-order valence-electron chi connectivity index (χ0n) is 11.4. The van der Waals surface area contributed by atoms with Crippen molar-refractivity contribution >= 4 is 0 Å². The lowest BCUT2D eigenvalue weighted by Gasteiger charge is -2.10. The van der Waals surface area contributed by atoms with Crippen LogP contribution in [0.15, 0.2) is 6.20 Å². The van der Waals surface area contributed by atoms with Crippen LogP contribution >= 0.6 is 0 Å². The van der Waals surface area contributed by atoms with Crippen LogP contribution in [0.1, 0.15) is 49.7 Å². The molecule has 1 N–H and O–H groups in total. The molecule has 0 aliphatic heterocycles. The summed E-state index contributed by atoms with van der Waals surface area (Å²) in [6, 6.07) is 0. The Morgan fingerprint density at radius 3 is 2.89 bits per heavy atom. The molecule has 4 nitrogen and oxygen atoms in total. The molecule has 0 radical (unpaired) electrons. The van der Waals surface area contributed by atoms with Crippen LogP contribution in [0.3, 0.4) is 0 Å². The highest BCUT2D eigenvalue weighted by atomic mass is 16.5. The van der Waals surface area contributed by atoms with Gasteiger partial charge in [0.25, 0.3) is 0 Å². The van der Waals surface area contributed by atoms with Crippen molar-refractivity contribution in [2.24, 2.45) is 0 Å². The van der Waals surface area contributed by atoms with Crippen molar-refractivity contribution in [1.82, 2.24) is 15.3 Å². The Balaban J connectivity index is 2.03. The van der Waals surface area contributed by atoms with Crippen LogP contribution in [0.4, 0.5) is 0 Å². The lowest BCUT2D eigenvalue weighted by molar-refractivity contribution is 0.149. The molecule has 1 aliphatic rings. The molecule has 100 valence electrons. The summed E-state index contributed by atoms with van der Waals surface area (Å²) in [5.74, 6) is 1.60. The average Bonchev–Trinajstić information content (AvgIpc) is 3.21. The van der Waals surface area contributed by atoms with Gasteiger partial charge in [0.15, 0.2) is 0 Å². The zero-order chi connectivity index (χ0) is 12.8. The first kappa shape index (κ1) is 13.4. The monoisotopic (exact) mass is 249 g/mol. The number of aromatic nitrogens is 2. The van der Waals surface area contributed by atoms with E-state index in [-0.39, 0.29) is 0 Å². The van der Waals surface area contributed by atoms with E-state index in [0.717, 1.165) is 31.9 Å². The van der Waals surface area contributed by atoms with Gasteiger partial charge in [-0.2, -0.15) is 0 Å². The molecule has 0 saturated heterocycles. The van der Waals surface area contributed by atoms with Gasteiger partial charge in [0.05, 0.1) is 12.3 Å². The van der Waals surface area contributed by atoms with Crippen LogP contribution in [-0.4, -0.2) is 29.7 Å². The van der Waals surface area contributed by atoms with Gasteiger partial charge in [0.2, 0.25) is 0 Å². The molecule has 0 atom stereocenters. The summed E-state index contributed by atoms with van der Waals surface area (Å²) in [4.78, 5) is 9.17. The minimum atomic E-state index is 0.674. The highest BCUT2D eigenvalue weighted by Gasteiger charge is 2.27. The van der Waals surface area contributed by atoms with Gasteiger partial charge in [-0.15, -0.1) is 0 Å². The molecule has 1 saturated carbocycles. The van der Waals surface area contributed by atoms with Gasteiger partial charge in [0, 0.05) is 37.3 Å². The van der Waals surface area contributed by atoms with Crippen molar-refractivity contribution in [3.63, 3.8) is 0 Å². The fourth-order valence-electron chi connectivity index (χ4n) is 1.99. The first-order chi connectivity index (χ1) is 8.85. The molecule has 1 fully saturated rings. The number of rotatable bonds is 8. The highest BCUT2D eigenvalue weighted by Crippen LogP contribution is 2.40. The van der Waals surface area contributed by atoms with E-state index in [1.807, 2.05) is 13.1 Å². The Bertz CT molecular complexity index is 377. The summed E-state index contributed by atoms with van der Waals surface area (Å²) in [6.45, 7) is 7.47. The summed E-state index contributed by atoms with van der Waals surface area (Å²) < 4.78 is 5.36. The molecule has 0 spiro atoms. The van der Waals surface area contributed by atoms with Gasteiger partial charge in [-0.05, 0) is 26.3 Å². The fourth-order valence-corrected chi connectivity index (χ4v) is 1.99. The van der Waals surface area contributed by atoms with Crippen LogP contribution in [-0.2, 0) is 17.7 Å². The van der Waals surface area contributed by atoms with E-state index >= 15 is 0 Å². The Morgan fingerprint density at radius 2 is 2.22 bits per heavy atom. The van der Waals surface area contributed by atoms with Gasteiger partial charge in [-0.1, -0.05) is 6.92 Å². The van der Waals surface area contributed by atoms with Gasteiger partial charge in [-0.25, -0.2) is 9.97 Å². The third kappa shape index (κ3) is 3.75. The third-order valence-electron chi connectivity index (χ3n) is 3.15. The Morgan fingerprint density at radius 1 is 1.39 bits per heavy atom. The van der Waals surface area contributed by atoms with E-state index < -0.39 is 0 Å². The van der Waals surface area contributed by atoms with Crippen molar-refractivity contribution in [3.8, 4) is 0 Å². The van der Waals surface area contributed by atoms with E-state index in [9.17, 15) is 0 Å². The SMILES string of the molecule is CCNCc1cnc(CCOCC)nc1C1CC1. The molecule has 1 aromatic rings. The normalized spacial score (nSPS) is 15.0. The van der Waals surface area contributed by atoms with Crippen molar-refractivity contribution in [2.45, 2.75) is 45.6 Å². The minimum absolute atomic E-state index is 0.674. The number of hydrogen-bond acceptors (Lipinski definition) is 4. The van der Waals surface area contributed by atoms with E-state index in [2.05, 4.69) is 17.2 Å². The molecular weight excluding hydrogens is 226 g/mol. The van der Waals surface area contributed by atoms with Gasteiger partial charge >= 0.3 is 0 Å². The molecule has 0 amide bonds. The zero-order valence-corrected chi connectivity index (χ0v) is 11.4. The van der Waals surface area contributed by atoms with E-state index in [0.29, 0.717) is 12.5 Å². The Labute approximate surface area is 109 Å². The summed E-state index contributed by atoms with van der Waals surface area (Å²) in [5, 5.41) is 3.35. The third-order valence-corrected chi connectivity index (χ3v) is 3.15. The van der Waals surface area contributed by atoms with Crippen LogP contribution < -0.4 is 5.32 Å². The standard InChI is InChI=1S/C14H23N3O/c1-3-15-9-12-10-16-13(7-8-18-4-2)17-14(12)11-5-6-11/h10-11,15H,3-9H2,1-2H3. The summed E-state index contributed by atoms with van der Waals surface area (Å²) in [6.07, 6.45) is 5.36. The molecule has 0 unspecified atom stereocenters. The molecule has 18 heavy (non-hydrogen) atoms. The Hall–Kier alpha value is -1.00. The van der Waals surface area contributed by atoms with Crippen LogP contribution in [0.25, 0.3) is 0 Å². The second-order valence-electron chi connectivity index (χ2n) is 4.70. The number of ether oxygens (including phenoxy) is 1. The van der Waals surface area contributed by atoms with E-state index in [4.69, 9.17) is 9.72 Å². The predicted molar refractivity (Wildman–Crippen MR) is 71.6 cm³/mol. The molecule has 1 aromatic heterocycles. The lowest BCUT2D eigenvalue weighted by Crippen LogP contribution is -2.15. The largest absolute Gasteiger partial charge is 0.381 e. The summed E-state index contributed by atoms with van der Waals surface area (Å²) >= 11 is 0. The summed E-state index contributed by atoms with van der Waals surface area (Å²) in [5.41, 5.74) is 2.52. The van der Waals surface area contributed by atoms with Crippen molar-refractivity contribution in [3.05, 3.63) is 23.3 Å². The number of hydrogen-bond donors (Lipinski definition) is 1. The minimum Gasteiger partial charge on any atom is -0.381 e. The molecular formula is C14H23N3O. The first-order valence-corrected chi connectivity index (χ1v) is 6.98. The number of nitrogens with zero attached hydrogens (tertiary/aromatic N) is 2. The highest BCUT2D eigenvalue weighted by molar-refractivity contribution is 5.25. The maximum absolute atomic E-state index is 5.36.